The lowest BCUT2D eigenvalue weighted by atomic mass is 9.99. The quantitative estimate of drug-likeness (QED) is 0.893. The molecule has 0 radical (unpaired) electrons. The second-order valence-corrected chi connectivity index (χ2v) is 6.79. The third-order valence-electron chi connectivity index (χ3n) is 3.21. The fourth-order valence-electron chi connectivity index (χ4n) is 2.33. The van der Waals surface area contributed by atoms with Gasteiger partial charge < -0.3 is 19.9 Å². The number of ether oxygens (including phenoxy) is 2. The van der Waals surface area contributed by atoms with Crippen LogP contribution in [0.3, 0.4) is 0 Å². The third-order valence-corrected chi connectivity index (χ3v) is 3.21. The van der Waals surface area contributed by atoms with E-state index in [1.54, 1.807) is 0 Å². The van der Waals surface area contributed by atoms with Gasteiger partial charge in [0, 0.05) is 24.9 Å². The molecule has 0 bridgehead atoms. The van der Waals surface area contributed by atoms with Crippen LogP contribution in [0.4, 0.5) is 0 Å². The average molecular weight is 279 g/mol. The molecule has 0 saturated heterocycles. The Balaban J connectivity index is 2.22. The summed E-state index contributed by atoms with van der Waals surface area (Å²) < 4.78 is 11.4. The first-order valence-corrected chi connectivity index (χ1v) is 7.04. The van der Waals surface area contributed by atoms with Crippen molar-refractivity contribution >= 4 is 0 Å². The van der Waals surface area contributed by atoms with Gasteiger partial charge in [0.1, 0.15) is 5.75 Å². The molecule has 0 fully saturated rings. The van der Waals surface area contributed by atoms with Gasteiger partial charge in [-0.05, 0) is 38.5 Å². The molecular weight excluding hydrogens is 254 g/mol. The fraction of sp³-hybridized carbons (Fsp3) is 0.625. The summed E-state index contributed by atoms with van der Waals surface area (Å²) in [5.41, 5.74) is 2.02. The molecule has 1 aliphatic rings. The lowest BCUT2D eigenvalue weighted by molar-refractivity contribution is -0.180. The molecule has 2 N–H and O–H groups in total. The van der Waals surface area contributed by atoms with Gasteiger partial charge in [-0.15, -0.1) is 0 Å². The van der Waals surface area contributed by atoms with Crippen molar-refractivity contribution in [1.29, 1.82) is 0 Å². The van der Waals surface area contributed by atoms with E-state index in [0.29, 0.717) is 6.61 Å². The van der Waals surface area contributed by atoms with Crippen molar-refractivity contribution in [2.75, 3.05) is 6.61 Å². The highest BCUT2D eigenvalue weighted by Crippen LogP contribution is 2.33. The zero-order valence-corrected chi connectivity index (χ0v) is 13.0. The van der Waals surface area contributed by atoms with Gasteiger partial charge in [-0.25, -0.2) is 0 Å². The normalized spacial score (nSPS) is 19.1. The number of hydrogen-bond donors (Lipinski definition) is 2. The van der Waals surface area contributed by atoms with E-state index in [4.69, 9.17) is 9.47 Å². The molecule has 1 atom stereocenters. The van der Waals surface area contributed by atoms with Crippen molar-refractivity contribution in [2.24, 2.45) is 0 Å². The summed E-state index contributed by atoms with van der Waals surface area (Å²) in [4.78, 5) is 0. The first-order valence-electron chi connectivity index (χ1n) is 7.04. The standard InChI is InChI=1S/C16H25NO3/c1-15(2,3)17-13(9-18)11-6-7-14-12(8-11)10-19-16(4,5)20-14/h6-8,13,17-18H,9-10H2,1-5H3. The predicted octanol–water partition coefficient (Wildman–Crippen LogP) is 2.75. The van der Waals surface area contributed by atoms with Gasteiger partial charge in [-0.2, -0.15) is 0 Å². The maximum atomic E-state index is 9.60. The van der Waals surface area contributed by atoms with Crippen LogP contribution >= 0.6 is 0 Å². The van der Waals surface area contributed by atoms with Gasteiger partial charge in [0.15, 0.2) is 0 Å². The predicted molar refractivity (Wildman–Crippen MR) is 78.7 cm³/mol. The molecule has 20 heavy (non-hydrogen) atoms. The van der Waals surface area contributed by atoms with Gasteiger partial charge in [0.05, 0.1) is 19.3 Å². The van der Waals surface area contributed by atoms with E-state index in [1.165, 1.54) is 0 Å². The maximum absolute atomic E-state index is 9.60. The lowest BCUT2D eigenvalue weighted by Crippen LogP contribution is -2.40. The van der Waals surface area contributed by atoms with Crippen LogP contribution in [-0.2, 0) is 11.3 Å². The minimum atomic E-state index is -0.575. The Hall–Kier alpha value is -1.10. The number of aliphatic hydroxyl groups is 1. The first-order chi connectivity index (χ1) is 9.20. The van der Waals surface area contributed by atoms with Gasteiger partial charge in [-0.3, -0.25) is 0 Å². The fourth-order valence-corrected chi connectivity index (χ4v) is 2.33. The smallest absolute Gasteiger partial charge is 0.205 e. The van der Waals surface area contributed by atoms with Crippen molar-refractivity contribution in [3.63, 3.8) is 0 Å². The van der Waals surface area contributed by atoms with E-state index in [2.05, 4.69) is 26.1 Å². The average Bonchev–Trinajstić information content (AvgIpc) is 2.33. The molecule has 0 spiro atoms. The second kappa shape index (κ2) is 5.35. The van der Waals surface area contributed by atoms with E-state index in [0.717, 1.165) is 16.9 Å². The second-order valence-electron chi connectivity index (χ2n) is 6.79. The summed E-state index contributed by atoms with van der Waals surface area (Å²) in [6.07, 6.45) is 0. The molecule has 1 aromatic rings. The number of nitrogens with one attached hydrogen (secondary N) is 1. The molecule has 0 aliphatic carbocycles. The summed E-state index contributed by atoms with van der Waals surface area (Å²) in [6, 6.07) is 5.92. The molecule has 1 heterocycles. The highest BCUT2D eigenvalue weighted by molar-refractivity contribution is 5.39. The lowest BCUT2D eigenvalue weighted by Gasteiger charge is -2.33. The zero-order chi connectivity index (χ0) is 15.0. The third kappa shape index (κ3) is 3.72. The zero-order valence-electron chi connectivity index (χ0n) is 13.0. The van der Waals surface area contributed by atoms with Crippen LogP contribution in [0.2, 0.25) is 0 Å². The van der Waals surface area contributed by atoms with E-state index < -0.39 is 5.79 Å². The van der Waals surface area contributed by atoms with Crippen LogP contribution in [0.15, 0.2) is 18.2 Å². The molecule has 0 amide bonds. The van der Waals surface area contributed by atoms with E-state index >= 15 is 0 Å². The van der Waals surface area contributed by atoms with E-state index in [1.807, 2.05) is 32.0 Å². The topological polar surface area (TPSA) is 50.7 Å². The van der Waals surface area contributed by atoms with Crippen molar-refractivity contribution < 1.29 is 14.6 Å². The van der Waals surface area contributed by atoms with Crippen molar-refractivity contribution in [3.05, 3.63) is 29.3 Å². The summed E-state index contributed by atoms with van der Waals surface area (Å²) >= 11 is 0. The summed E-state index contributed by atoms with van der Waals surface area (Å²) in [7, 11) is 0. The highest BCUT2D eigenvalue weighted by Gasteiger charge is 2.28. The van der Waals surface area contributed by atoms with Crippen LogP contribution in [-0.4, -0.2) is 23.0 Å². The largest absolute Gasteiger partial charge is 0.463 e. The summed E-state index contributed by atoms with van der Waals surface area (Å²) in [5.74, 6) is 0.284. The highest BCUT2D eigenvalue weighted by atomic mass is 16.7. The Morgan fingerprint density at radius 2 is 2.05 bits per heavy atom. The van der Waals surface area contributed by atoms with E-state index in [-0.39, 0.29) is 18.2 Å². The molecular formula is C16H25NO3. The molecule has 1 aromatic carbocycles. The number of aliphatic hydroxyl groups excluding tert-OH is 1. The van der Waals surface area contributed by atoms with E-state index in [9.17, 15) is 5.11 Å². The minimum Gasteiger partial charge on any atom is -0.463 e. The van der Waals surface area contributed by atoms with Crippen LogP contribution in [0.1, 0.15) is 51.8 Å². The molecule has 4 heteroatoms. The summed E-state index contributed by atoms with van der Waals surface area (Å²) in [5, 5.41) is 13.0. The Morgan fingerprint density at radius 3 is 2.65 bits per heavy atom. The van der Waals surface area contributed by atoms with Crippen LogP contribution < -0.4 is 10.1 Å². The Kier molecular flexibility index (Phi) is 4.09. The number of rotatable bonds is 3. The van der Waals surface area contributed by atoms with Crippen LogP contribution in [0.25, 0.3) is 0 Å². The van der Waals surface area contributed by atoms with Crippen molar-refractivity contribution in [3.8, 4) is 5.75 Å². The molecule has 0 aromatic heterocycles. The SMILES string of the molecule is CC(C)(C)NC(CO)c1ccc2c(c1)COC(C)(C)O2. The Labute approximate surface area is 121 Å². The van der Waals surface area contributed by atoms with Gasteiger partial charge in [0.25, 0.3) is 0 Å². The van der Waals surface area contributed by atoms with Gasteiger partial charge >= 0.3 is 0 Å². The molecule has 0 saturated carbocycles. The molecule has 1 unspecified atom stereocenters. The van der Waals surface area contributed by atoms with Gasteiger partial charge in [-0.1, -0.05) is 6.07 Å². The Morgan fingerprint density at radius 1 is 1.35 bits per heavy atom. The molecule has 1 aliphatic heterocycles. The number of hydrogen-bond acceptors (Lipinski definition) is 4. The van der Waals surface area contributed by atoms with Crippen molar-refractivity contribution in [2.45, 2.75) is 58.6 Å². The number of benzene rings is 1. The van der Waals surface area contributed by atoms with Crippen molar-refractivity contribution in [1.82, 2.24) is 5.32 Å². The van der Waals surface area contributed by atoms with Gasteiger partial charge in [0.2, 0.25) is 5.79 Å². The minimum absolute atomic E-state index is 0.0573. The summed E-state index contributed by atoms with van der Waals surface area (Å²) in [6.45, 7) is 10.7. The maximum Gasteiger partial charge on any atom is 0.205 e. The Bertz CT molecular complexity index is 477. The molecule has 2 rings (SSSR count). The molecule has 4 nitrogen and oxygen atoms in total. The number of fused-ring (bicyclic) bond motifs is 1. The molecule has 112 valence electrons. The van der Waals surface area contributed by atoms with Crippen LogP contribution in [0, 0.1) is 0 Å². The van der Waals surface area contributed by atoms with Crippen LogP contribution in [0.5, 0.6) is 5.75 Å². The monoisotopic (exact) mass is 279 g/mol. The first kappa shape index (κ1) is 15.3.